The lowest BCUT2D eigenvalue weighted by molar-refractivity contribution is -0.137. The number of allylic oxidation sites excluding steroid dienone is 3. The maximum atomic E-state index is 10.5. The van der Waals surface area contributed by atoms with Gasteiger partial charge in [0.15, 0.2) is 0 Å². The third-order valence-electron chi connectivity index (χ3n) is 1.67. The van der Waals surface area contributed by atoms with Gasteiger partial charge in [0.1, 0.15) is 11.7 Å². The van der Waals surface area contributed by atoms with Gasteiger partial charge in [-0.2, -0.15) is 0 Å². The summed E-state index contributed by atoms with van der Waals surface area (Å²) in [7, 11) is 0. The zero-order valence-electron chi connectivity index (χ0n) is 6.92. The third-order valence-corrected chi connectivity index (χ3v) is 1.67. The Bertz CT molecular complexity index is 269. The molecule has 1 aliphatic rings. The van der Waals surface area contributed by atoms with Crippen LogP contribution < -0.4 is 0 Å². The Balaban J connectivity index is 2.56. The van der Waals surface area contributed by atoms with Crippen molar-refractivity contribution in [3.05, 3.63) is 17.4 Å². The first-order chi connectivity index (χ1) is 5.72. The summed E-state index contributed by atoms with van der Waals surface area (Å²) in [5.41, 5.74) is 0.742. The van der Waals surface area contributed by atoms with Crippen LogP contribution >= 0.6 is 0 Å². The Morgan fingerprint density at radius 3 is 2.75 bits per heavy atom. The maximum absolute atomic E-state index is 10.5. The van der Waals surface area contributed by atoms with E-state index in [1.165, 1.54) is 6.92 Å². The Morgan fingerprint density at radius 1 is 1.58 bits per heavy atom. The van der Waals surface area contributed by atoms with E-state index in [0.29, 0.717) is 25.0 Å². The summed E-state index contributed by atoms with van der Waals surface area (Å²) >= 11 is 0. The Hall–Kier alpha value is -1.34. The minimum absolute atomic E-state index is 0.306. The fourth-order valence-electron chi connectivity index (χ4n) is 1.09. The van der Waals surface area contributed by atoms with Crippen LogP contribution in [-0.2, 0) is 14.3 Å². The molecule has 1 rings (SSSR count). The van der Waals surface area contributed by atoms with Gasteiger partial charge in [0.25, 0.3) is 0 Å². The molecular formula is C9H10O3. The van der Waals surface area contributed by atoms with E-state index >= 15 is 0 Å². The van der Waals surface area contributed by atoms with Crippen LogP contribution in [0.1, 0.15) is 26.2 Å². The second-order valence-electron chi connectivity index (χ2n) is 2.67. The van der Waals surface area contributed by atoms with Crippen molar-refractivity contribution in [2.24, 2.45) is 0 Å². The number of ether oxygens (including phenoxy) is 1. The average molecular weight is 166 g/mol. The zero-order valence-corrected chi connectivity index (χ0v) is 6.92. The molecule has 0 spiro atoms. The van der Waals surface area contributed by atoms with Gasteiger partial charge in [0.2, 0.25) is 0 Å². The van der Waals surface area contributed by atoms with Crippen molar-refractivity contribution in [2.75, 3.05) is 0 Å². The first-order valence-electron chi connectivity index (χ1n) is 3.82. The predicted octanol–water partition coefficient (Wildman–Crippen LogP) is 1.38. The minimum Gasteiger partial charge on any atom is -0.432 e. The molecule has 0 aliphatic heterocycles. The lowest BCUT2D eigenvalue weighted by Crippen LogP contribution is -2.03. The quantitative estimate of drug-likeness (QED) is 0.436. The van der Waals surface area contributed by atoms with E-state index in [9.17, 15) is 9.59 Å². The molecule has 0 atom stereocenters. The molecule has 0 saturated heterocycles. The molecule has 12 heavy (non-hydrogen) atoms. The van der Waals surface area contributed by atoms with Crippen molar-refractivity contribution in [3.63, 3.8) is 0 Å². The molecule has 3 heteroatoms. The fraction of sp³-hybridized carbons (Fsp3) is 0.444. The molecule has 3 nitrogen and oxygen atoms in total. The van der Waals surface area contributed by atoms with E-state index in [1.54, 1.807) is 6.08 Å². The standard InChI is InChI=1S/C9H10O3/c1-7(11)12-9-4-2-8(6-10)3-5-9/h4H,2-3,5H2,1H3. The van der Waals surface area contributed by atoms with E-state index in [-0.39, 0.29) is 5.97 Å². The van der Waals surface area contributed by atoms with Crippen LogP contribution in [0, 0.1) is 0 Å². The molecule has 64 valence electrons. The summed E-state index contributed by atoms with van der Waals surface area (Å²) in [5, 5.41) is 0. The van der Waals surface area contributed by atoms with Crippen molar-refractivity contribution in [2.45, 2.75) is 26.2 Å². The molecule has 0 aromatic heterocycles. The molecular weight excluding hydrogens is 156 g/mol. The summed E-state index contributed by atoms with van der Waals surface area (Å²) in [6.45, 7) is 1.37. The molecule has 0 fully saturated rings. The topological polar surface area (TPSA) is 43.4 Å². The highest BCUT2D eigenvalue weighted by Gasteiger charge is 2.10. The summed E-state index contributed by atoms with van der Waals surface area (Å²) in [6, 6.07) is 0. The highest BCUT2D eigenvalue weighted by atomic mass is 16.5. The first kappa shape index (κ1) is 8.75. The van der Waals surface area contributed by atoms with Gasteiger partial charge < -0.3 is 4.74 Å². The van der Waals surface area contributed by atoms with E-state index in [2.05, 4.69) is 0 Å². The van der Waals surface area contributed by atoms with Crippen LogP contribution in [0.15, 0.2) is 17.4 Å². The molecule has 0 radical (unpaired) electrons. The molecule has 0 N–H and O–H groups in total. The van der Waals surface area contributed by atoms with Gasteiger partial charge in [-0.05, 0) is 12.5 Å². The molecule has 0 aromatic carbocycles. The van der Waals surface area contributed by atoms with Gasteiger partial charge in [-0.3, -0.25) is 4.79 Å². The van der Waals surface area contributed by atoms with Gasteiger partial charge in [0.05, 0.1) is 0 Å². The highest BCUT2D eigenvalue weighted by Crippen LogP contribution is 2.21. The monoisotopic (exact) mass is 166 g/mol. The Kier molecular flexibility index (Phi) is 2.83. The second-order valence-corrected chi connectivity index (χ2v) is 2.67. The number of esters is 1. The zero-order chi connectivity index (χ0) is 8.97. The predicted molar refractivity (Wildman–Crippen MR) is 42.9 cm³/mol. The van der Waals surface area contributed by atoms with Gasteiger partial charge in [-0.1, -0.05) is 0 Å². The molecule has 0 bridgehead atoms. The Morgan fingerprint density at radius 2 is 2.33 bits per heavy atom. The maximum Gasteiger partial charge on any atom is 0.307 e. The lowest BCUT2D eigenvalue weighted by Gasteiger charge is -2.11. The molecule has 0 amide bonds. The second kappa shape index (κ2) is 3.88. The van der Waals surface area contributed by atoms with Gasteiger partial charge >= 0.3 is 5.97 Å². The van der Waals surface area contributed by atoms with Gasteiger partial charge in [-0.15, -0.1) is 0 Å². The number of carbonyl (C=O) groups excluding carboxylic acids is 2. The van der Waals surface area contributed by atoms with Gasteiger partial charge in [-0.25, -0.2) is 4.79 Å². The van der Waals surface area contributed by atoms with Crippen molar-refractivity contribution < 1.29 is 14.3 Å². The van der Waals surface area contributed by atoms with E-state index in [0.717, 1.165) is 5.57 Å². The van der Waals surface area contributed by atoms with Crippen molar-refractivity contribution in [3.8, 4) is 0 Å². The van der Waals surface area contributed by atoms with Crippen LogP contribution in [0.4, 0.5) is 0 Å². The van der Waals surface area contributed by atoms with Crippen LogP contribution in [-0.4, -0.2) is 11.9 Å². The smallest absolute Gasteiger partial charge is 0.307 e. The number of rotatable bonds is 1. The van der Waals surface area contributed by atoms with Crippen molar-refractivity contribution in [1.82, 2.24) is 0 Å². The van der Waals surface area contributed by atoms with E-state index < -0.39 is 0 Å². The van der Waals surface area contributed by atoms with Crippen molar-refractivity contribution in [1.29, 1.82) is 0 Å². The third kappa shape index (κ3) is 2.36. The highest BCUT2D eigenvalue weighted by molar-refractivity contribution is 5.67. The lowest BCUT2D eigenvalue weighted by atomic mass is 10.0. The molecule has 0 heterocycles. The van der Waals surface area contributed by atoms with Crippen LogP contribution in [0.25, 0.3) is 0 Å². The fourth-order valence-corrected chi connectivity index (χ4v) is 1.09. The van der Waals surface area contributed by atoms with Gasteiger partial charge in [0, 0.05) is 25.3 Å². The van der Waals surface area contributed by atoms with Crippen LogP contribution in [0.5, 0.6) is 0 Å². The normalized spacial score (nSPS) is 16.4. The SMILES string of the molecule is CC(=O)OC1=CCC(=C=O)CC1. The molecule has 1 aliphatic carbocycles. The first-order valence-corrected chi connectivity index (χ1v) is 3.82. The molecule has 0 saturated carbocycles. The van der Waals surface area contributed by atoms with E-state index in [1.807, 2.05) is 5.94 Å². The summed E-state index contributed by atoms with van der Waals surface area (Å²) in [4.78, 5) is 20.7. The number of hydrogen-bond acceptors (Lipinski definition) is 3. The number of hydrogen-bond donors (Lipinski definition) is 0. The van der Waals surface area contributed by atoms with Crippen LogP contribution in [0.2, 0.25) is 0 Å². The van der Waals surface area contributed by atoms with E-state index in [4.69, 9.17) is 4.74 Å². The minimum atomic E-state index is -0.306. The summed E-state index contributed by atoms with van der Waals surface area (Å²) in [5.74, 6) is 2.22. The molecule has 0 aromatic rings. The van der Waals surface area contributed by atoms with Crippen LogP contribution in [0.3, 0.4) is 0 Å². The number of carbonyl (C=O) groups is 1. The Labute approximate surface area is 70.7 Å². The largest absolute Gasteiger partial charge is 0.432 e. The summed E-state index contributed by atoms with van der Waals surface area (Å²) < 4.78 is 4.86. The summed E-state index contributed by atoms with van der Waals surface area (Å²) in [6.07, 6.45) is 3.60. The van der Waals surface area contributed by atoms with Crippen molar-refractivity contribution >= 4 is 11.9 Å². The molecule has 0 unspecified atom stereocenters. The average Bonchev–Trinajstić information content (AvgIpc) is 2.05.